The van der Waals surface area contributed by atoms with Crippen LogP contribution in [0.1, 0.15) is 0 Å². The molecule has 0 aliphatic heterocycles. The van der Waals surface area contributed by atoms with Gasteiger partial charge in [0, 0.05) is 48.2 Å². The summed E-state index contributed by atoms with van der Waals surface area (Å²) < 4.78 is 5.01. The van der Waals surface area contributed by atoms with Crippen molar-refractivity contribution in [2.45, 2.75) is 0 Å². The number of rotatable bonds is 2. The molecule has 3 heteroatoms. The Hall–Kier alpha value is -4.34. The molecule has 1 N–H and O–H groups in total. The largest absolute Gasteiger partial charge is 0.353 e. The molecule has 4 heterocycles. The molecule has 2 nitrogen and oxygen atoms in total. The van der Waals surface area contributed by atoms with Crippen molar-refractivity contribution in [3.63, 3.8) is 0 Å². The van der Waals surface area contributed by atoms with Gasteiger partial charge >= 0.3 is 0 Å². The lowest BCUT2D eigenvalue weighted by molar-refractivity contribution is 1.21. The number of aromatic nitrogens is 2. The summed E-state index contributed by atoms with van der Waals surface area (Å²) in [5.41, 5.74) is 8.56. The van der Waals surface area contributed by atoms with Gasteiger partial charge in [-0.15, -0.1) is 11.3 Å². The first kappa shape index (κ1) is 19.0. The molecule has 0 fully saturated rings. The zero-order valence-corrected chi connectivity index (χ0v) is 19.6. The van der Waals surface area contributed by atoms with E-state index in [9.17, 15) is 0 Å². The second-order valence-electron chi connectivity index (χ2n) is 9.09. The molecule has 164 valence electrons. The van der Waals surface area contributed by atoms with Gasteiger partial charge in [0.1, 0.15) is 0 Å². The topological polar surface area (TPSA) is 20.2 Å². The van der Waals surface area contributed by atoms with Crippen molar-refractivity contribution in [1.29, 1.82) is 0 Å². The van der Waals surface area contributed by atoms with Crippen molar-refractivity contribution < 1.29 is 0 Å². The summed E-state index contributed by atoms with van der Waals surface area (Å²) >= 11 is 1.89. The highest BCUT2D eigenvalue weighted by Crippen LogP contribution is 2.43. The van der Waals surface area contributed by atoms with Crippen LogP contribution >= 0.6 is 11.3 Å². The van der Waals surface area contributed by atoms with E-state index in [1.807, 2.05) is 11.3 Å². The Morgan fingerprint density at radius 2 is 1.46 bits per heavy atom. The van der Waals surface area contributed by atoms with E-state index in [0.717, 1.165) is 0 Å². The standard InChI is InChI=1S/C32H20N2S/c1-2-9-20(10-3-1)31-30-29(27-14-6-7-18-34(27)31)25-19-21(16-17-26(25)33-30)22-12-8-13-24-23-11-4-5-15-28(23)35-32(22)24/h1-19,33H. The van der Waals surface area contributed by atoms with Gasteiger partial charge in [0.25, 0.3) is 0 Å². The summed E-state index contributed by atoms with van der Waals surface area (Å²) in [5.74, 6) is 0. The maximum absolute atomic E-state index is 3.75. The summed E-state index contributed by atoms with van der Waals surface area (Å²) in [6, 6.07) is 39.4. The van der Waals surface area contributed by atoms with Crippen LogP contribution in [0.15, 0.2) is 115 Å². The van der Waals surface area contributed by atoms with E-state index in [0.29, 0.717) is 0 Å². The monoisotopic (exact) mass is 464 g/mol. The minimum atomic E-state index is 1.17. The van der Waals surface area contributed by atoms with Gasteiger partial charge in [0.15, 0.2) is 0 Å². The smallest absolute Gasteiger partial charge is 0.0772 e. The molecule has 0 aliphatic carbocycles. The molecule has 0 amide bonds. The quantitative estimate of drug-likeness (QED) is 0.263. The summed E-state index contributed by atoms with van der Waals surface area (Å²) in [6.07, 6.45) is 2.17. The second kappa shape index (κ2) is 7.08. The van der Waals surface area contributed by atoms with Gasteiger partial charge in [-0.25, -0.2) is 0 Å². The minimum Gasteiger partial charge on any atom is -0.353 e. The van der Waals surface area contributed by atoms with Crippen molar-refractivity contribution >= 4 is 58.8 Å². The third kappa shape index (κ3) is 2.64. The Morgan fingerprint density at radius 1 is 0.629 bits per heavy atom. The summed E-state index contributed by atoms with van der Waals surface area (Å²) in [6.45, 7) is 0. The lowest BCUT2D eigenvalue weighted by Gasteiger charge is -2.05. The van der Waals surface area contributed by atoms with Crippen molar-refractivity contribution in [2.75, 3.05) is 0 Å². The number of thiophene rings is 1. The second-order valence-corrected chi connectivity index (χ2v) is 10.1. The van der Waals surface area contributed by atoms with Gasteiger partial charge in [-0.2, -0.15) is 0 Å². The predicted molar refractivity (Wildman–Crippen MR) is 151 cm³/mol. The maximum atomic E-state index is 3.75. The van der Waals surface area contributed by atoms with Crippen LogP contribution < -0.4 is 0 Å². The van der Waals surface area contributed by atoms with Gasteiger partial charge in [-0.3, -0.25) is 0 Å². The molecule has 0 atom stereocenters. The van der Waals surface area contributed by atoms with E-state index >= 15 is 0 Å². The number of hydrogen-bond acceptors (Lipinski definition) is 1. The highest BCUT2D eigenvalue weighted by atomic mass is 32.1. The number of aromatic amines is 1. The SMILES string of the molecule is c1ccc(-c2c3[nH]c4ccc(-c5cccc6c5sc5ccccc56)cc4c3c3ccccn23)cc1. The van der Waals surface area contributed by atoms with E-state index in [-0.39, 0.29) is 0 Å². The third-order valence-corrected chi connectivity index (χ3v) is 8.37. The average molecular weight is 465 g/mol. The maximum Gasteiger partial charge on any atom is 0.0772 e. The lowest BCUT2D eigenvalue weighted by Crippen LogP contribution is -1.88. The van der Waals surface area contributed by atoms with E-state index in [1.54, 1.807) is 0 Å². The van der Waals surface area contributed by atoms with Crippen molar-refractivity contribution in [2.24, 2.45) is 0 Å². The molecule has 0 spiro atoms. The lowest BCUT2D eigenvalue weighted by atomic mass is 10.0. The molecule has 8 rings (SSSR count). The number of nitrogens with one attached hydrogen (secondary N) is 1. The van der Waals surface area contributed by atoms with E-state index < -0.39 is 0 Å². The number of H-pyrrole nitrogens is 1. The first-order chi connectivity index (χ1) is 17.4. The number of hydrogen-bond donors (Lipinski definition) is 1. The summed E-state index contributed by atoms with van der Waals surface area (Å²) in [7, 11) is 0. The van der Waals surface area contributed by atoms with Gasteiger partial charge in [-0.1, -0.05) is 78.9 Å². The first-order valence-corrected chi connectivity index (χ1v) is 12.7. The summed E-state index contributed by atoms with van der Waals surface area (Å²) in [4.78, 5) is 3.75. The minimum absolute atomic E-state index is 1.17. The summed E-state index contributed by atoms with van der Waals surface area (Å²) in [5, 5.41) is 5.22. The normalized spacial score (nSPS) is 12.0. The molecule has 0 saturated heterocycles. The third-order valence-electron chi connectivity index (χ3n) is 7.15. The molecule has 0 saturated carbocycles. The van der Waals surface area contributed by atoms with E-state index in [1.165, 1.54) is 69.9 Å². The van der Waals surface area contributed by atoms with Gasteiger partial charge in [-0.05, 0) is 41.5 Å². The Labute approximate surface area is 205 Å². The Balaban J connectivity index is 1.45. The van der Waals surface area contributed by atoms with Crippen LogP contribution in [0.4, 0.5) is 0 Å². The zero-order valence-electron chi connectivity index (χ0n) is 18.8. The molecule has 4 aromatic heterocycles. The molecule has 35 heavy (non-hydrogen) atoms. The van der Waals surface area contributed by atoms with Crippen LogP contribution in [0.5, 0.6) is 0 Å². The number of benzene rings is 4. The van der Waals surface area contributed by atoms with Gasteiger partial charge < -0.3 is 9.38 Å². The van der Waals surface area contributed by atoms with Gasteiger partial charge in [0.05, 0.1) is 16.7 Å². The Kier molecular flexibility index (Phi) is 3.85. The fraction of sp³-hybridized carbons (Fsp3) is 0. The highest BCUT2D eigenvalue weighted by Gasteiger charge is 2.19. The van der Waals surface area contributed by atoms with Crippen LogP contribution in [0.3, 0.4) is 0 Å². The van der Waals surface area contributed by atoms with Crippen molar-refractivity contribution in [3.05, 3.63) is 115 Å². The number of fused-ring (bicyclic) bond motifs is 8. The Morgan fingerprint density at radius 3 is 2.40 bits per heavy atom. The zero-order chi connectivity index (χ0) is 22.9. The highest BCUT2D eigenvalue weighted by molar-refractivity contribution is 7.26. The molecule has 0 aliphatic rings. The molecular formula is C32H20N2S. The van der Waals surface area contributed by atoms with Crippen molar-refractivity contribution in [3.8, 4) is 22.4 Å². The molecule has 0 unspecified atom stereocenters. The first-order valence-electron chi connectivity index (χ1n) is 11.9. The molecule has 4 aromatic carbocycles. The van der Waals surface area contributed by atoms with Crippen LogP contribution in [-0.4, -0.2) is 9.38 Å². The van der Waals surface area contributed by atoms with Crippen molar-refractivity contribution in [1.82, 2.24) is 9.38 Å². The van der Waals surface area contributed by atoms with Gasteiger partial charge in [0.2, 0.25) is 0 Å². The number of pyridine rings is 1. The predicted octanol–water partition coefficient (Wildman–Crippen LogP) is 9.28. The Bertz CT molecular complexity index is 2050. The van der Waals surface area contributed by atoms with E-state index in [2.05, 4.69) is 125 Å². The molecule has 0 bridgehead atoms. The van der Waals surface area contributed by atoms with E-state index in [4.69, 9.17) is 0 Å². The molecular weight excluding hydrogens is 444 g/mol. The van der Waals surface area contributed by atoms with Crippen LogP contribution in [0.2, 0.25) is 0 Å². The van der Waals surface area contributed by atoms with Crippen LogP contribution in [0.25, 0.3) is 69.9 Å². The molecule has 8 aromatic rings. The average Bonchev–Trinajstić information content (AvgIpc) is 3.57. The van der Waals surface area contributed by atoms with Crippen LogP contribution in [-0.2, 0) is 0 Å². The fourth-order valence-corrected chi connectivity index (χ4v) is 6.86. The van der Waals surface area contributed by atoms with Crippen LogP contribution in [0, 0.1) is 0 Å². The fourth-order valence-electron chi connectivity index (χ4n) is 5.62. The number of nitrogens with zero attached hydrogens (tertiary/aromatic N) is 1. The molecule has 0 radical (unpaired) electrons.